The first kappa shape index (κ1) is 18.5. The standard InChI is InChI=1S/C21H20FN3O2/c1-13-3-8-19-17(11-13)18(12-14(2)24-19)21(27)25(10-9-20(23)26)16-6-4-15(22)5-7-16/h3-8,11-12H,9-10H2,1-2H3,(H2,23,26). The summed E-state index contributed by atoms with van der Waals surface area (Å²) in [7, 11) is 0. The number of primary amides is 1. The number of rotatable bonds is 5. The van der Waals surface area contributed by atoms with Gasteiger partial charge in [-0.1, -0.05) is 11.6 Å². The molecule has 3 aromatic rings. The van der Waals surface area contributed by atoms with E-state index in [9.17, 15) is 14.0 Å². The van der Waals surface area contributed by atoms with Gasteiger partial charge >= 0.3 is 0 Å². The highest BCUT2D eigenvalue weighted by Crippen LogP contribution is 2.24. The van der Waals surface area contributed by atoms with Crippen LogP contribution in [0, 0.1) is 19.7 Å². The number of hydrogen-bond acceptors (Lipinski definition) is 3. The van der Waals surface area contributed by atoms with Crippen LogP contribution in [0.15, 0.2) is 48.5 Å². The zero-order valence-corrected chi connectivity index (χ0v) is 15.2. The molecule has 0 spiro atoms. The number of carbonyl (C=O) groups excluding carboxylic acids is 2. The van der Waals surface area contributed by atoms with Crippen molar-refractivity contribution in [1.29, 1.82) is 0 Å². The number of pyridine rings is 1. The summed E-state index contributed by atoms with van der Waals surface area (Å²) in [5.41, 5.74) is 8.69. The zero-order chi connectivity index (χ0) is 19.6. The molecule has 0 radical (unpaired) electrons. The summed E-state index contributed by atoms with van der Waals surface area (Å²) in [5.74, 6) is -1.20. The molecule has 2 amide bonds. The smallest absolute Gasteiger partial charge is 0.259 e. The van der Waals surface area contributed by atoms with Gasteiger partial charge in [0.05, 0.1) is 11.1 Å². The number of halogens is 1. The second-order valence-electron chi connectivity index (χ2n) is 6.48. The lowest BCUT2D eigenvalue weighted by Gasteiger charge is -2.23. The van der Waals surface area contributed by atoms with Gasteiger partial charge < -0.3 is 10.6 Å². The third kappa shape index (κ3) is 4.11. The molecule has 138 valence electrons. The van der Waals surface area contributed by atoms with Crippen molar-refractivity contribution < 1.29 is 14.0 Å². The molecule has 5 nitrogen and oxygen atoms in total. The molecule has 0 aliphatic rings. The molecule has 0 atom stereocenters. The fraction of sp³-hybridized carbons (Fsp3) is 0.190. The molecule has 0 aliphatic heterocycles. The van der Waals surface area contributed by atoms with Crippen LogP contribution >= 0.6 is 0 Å². The van der Waals surface area contributed by atoms with E-state index in [0.29, 0.717) is 16.9 Å². The number of nitrogens with zero attached hydrogens (tertiary/aromatic N) is 2. The summed E-state index contributed by atoms with van der Waals surface area (Å²) >= 11 is 0. The van der Waals surface area contributed by atoms with Gasteiger partial charge in [-0.05, 0) is 56.3 Å². The van der Waals surface area contributed by atoms with Gasteiger partial charge in [0.25, 0.3) is 5.91 Å². The van der Waals surface area contributed by atoms with E-state index in [-0.39, 0.29) is 18.9 Å². The molecule has 0 unspecified atom stereocenters. The second-order valence-corrected chi connectivity index (χ2v) is 6.48. The Morgan fingerprint density at radius 1 is 1.07 bits per heavy atom. The maximum atomic E-state index is 13.4. The number of nitrogens with two attached hydrogens (primary N) is 1. The van der Waals surface area contributed by atoms with E-state index in [2.05, 4.69) is 4.98 Å². The summed E-state index contributed by atoms with van der Waals surface area (Å²) in [6.45, 7) is 3.87. The van der Waals surface area contributed by atoms with Gasteiger partial charge in [0.1, 0.15) is 5.82 Å². The lowest BCUT2D eigenvalue weighted by atomic mass is 10.0. The molecule has 2 aromatic carbocycles. The molecule has 1 aromatic heterocycles. The van der Waals surface area contributed by atoms with Crippen molar-refractivity contribution in [2.75, 3.05) is 11.4 Å². The highest BCUT2D eigenvalue weighted by molar-refractivity contribution is 6.13. The van der Waals surface area contributed by atoms with Gasteiger partial charge in [-0.2, -0.15) is 0 Å². The molecule has 0 saturated carbocycles. The molecule has 2 N–H and O–H groups in total. The minimum atomic E-state index is -0.512. The van der Waals surface area contributed by atoms with Crippen LogP contribution in [0.25, 0.3) is 10.9 Å². The van der Waals surface area contributed by atoms with Crippen LogP contribution in [0.2, 0.25) is 0 Å². The normalized spacial score (nSPS) is 10.8. The third-order valence-corrected chi connectivity index (χ3v) is 4.29. The summed E-state index contributed by atoms with van der Waals surface area (Å²) in [6.07, 6.45) is 0.00411. The van der Waals surface area contributed by atoms with E-state index in [1.54, 1.807) is 6.07 Å². The summed E-state index contributed by atoms with van der Waals surface area (Å²) in [5, 5.41) is 0.733. The van der Waals surface area contributed by atoms with Crippen LogP contribution in [0.4, 0.5) is 10.1 Å². The minimum Gasteiger partial charge on any atom is -0.370 e. The number of hydrogen-bond donors (Lipinski definition) is 1. The lowest BCUT2D eigenvalue weighted by Crippen LogP contribution is -2.34. The number of amides is 2. The average Bonchev–Trinajstić information content (AvgIpc) is 2.62. The fourth-order valence-corrected chi connectivity index (χ4v) is 2.99. The topological polar surface area (TPSA) is 76.3 Å². The number of aryl methyl sites for hydroxylation is 2. The predicted molar refractivity (Wildman–Crippen MR) is 103 cm³/mol. The van der Waals surface area contributed by atoms with Crippen LogP contribution in [0.3, 0.4) is 0 Å². The van der Waals surface area contributed by atoms with Crippen molar-refractivity contribution in [3.8, 4) is 0 Å². The Labute approximate surface area is 156 Å². The first-order chi connectivity index (χ1) is 12.8. The molecule has 0 bridgehead atoms. The van der Waals surface area contributed by atoms with Crippen molar-refractivity contribution in [2.24, 2.45) is 5.73 Å². The number of anilines is 1. The number of aromatic nitrogens is 1. The molecule has 0 fully saturated rings. The van der Waals surface area contributed by atoms with Crippen LogP contribution in [0.1, 0.15) is 28.0 Å². The monoisotopic (exact) mass is 365 g/mol. The van der Waals surface area contributed by atoms with E-state index >= 15 is 0 Å². The SMILES string of the molecule is Cc1ccc2nc(C)cc(C(=O)N(CCC(N)=O)c3ccc(F)cc3)c2c1. The summed E-state index contributed by atoms with van der Waals surface area (Å²) in [6, 6.07) is 13.0. The van der Waals surface area contributed by atoms with Gasteiger partial charge in [-0.15, -0.1) is 0 Å². The van der Waals surface area contributed by atoms with Crippen LogP contribution in [-0.4, -0.2) is 23.3 Å². The van der Waals surface area contributed by atoms with Gasteiger partial charge in [0, 0.05) is 29.7 Å². The largest absolute Gasteiger partial charge is 0.370 e. The molecule has 3 rings (SSSR count). The zero-order valence-electron chi connectivity index (χ0n) is 15.2. The van der Waals surface area contributed by atoms with Gasteiger partial charge in [0.15, 0.2) is 0 Å². The fourth-order valence-electron chi connectivity index (χ4n) is 2.99. The molecule has 0 saturated heterocycles. The van der Waals surface area contributed by atoms with Crippen molar-refractivity contribution in [1.82, 2.24) is 4.98 Å². The molecule has 0 aliphatic carbocycles. The molecule has 27 heavy (non-hydrogen) atoms. The Morgan fingerprint density at radius 3 is 2.44 bits per heavy atom. The number of carbonyl (C=O) groups is 2. The summed E-state index contributed by atoms with van der Waals surface area (Å²) in [4.78, 5) is 30.6. The Morgan fingerprint density at radius 2 is 1.78 bits per heavy atom. The van der Waals surface area contributed by atoms with Crippen LogP contribution in [-0.2, 0) is 4.79 Å². The highest BCUT2D eigenvalue weighted by atomic mass is 19.1. The van der Waals surface area contributed by atoms with Crippen molar-refractivity contribution in [3.05, 3.63) is 71.2 Å². The number of benzene rings is 2. The lowest BCUT2D eigenvalue weighted by molar-refractivity contribution is -0.117. The third-order valence-electron chi connectivity index (χ3n) is 4.29. The van der Waals surface area contributed by atoms with E-state index in [1.165, 1.54) is 29.2 Å². The van der Waals surface area contributed by atoms with E-state index in [0.717, 1.165) is 16.5 Å². The molecular weight excluding hydrogens is 345 g/mol. The van der Waals surface area contributed by atoms with Crippen molar-refractivity contribution in [2.45, 2.75) is 20.3 Å². The average molecular weight is 365 g/mol. The first-order valence-electron chi connectivity index (χ1n) is 8.59. The Kier molecular flexibility index (Phi) is 5.16. The second kappa shape index (κ2) is 7.53. The molecular formula is C21H20FN3O2. The predicted octanol–water partition coefficient (Wildman–Crippen LogP) is 3.51. The molecule has 1 heterocycles. The highest BCUT2D eigenvalue weighted by Gasteiger charge is 2.21. The Balaban J connectivity index is 2.10. The number of fused-ring (bicyclic) bond motifs is 1. The van der Waals surface area contributed by atoms with Gasteiger partial charge in [0.2, 0.25) is 5.91 Å². The summed E-state index contributed by atoms with van der Waals surface area (Å²) < 4.78 is 13.3. The van der Waals surface area contributed by atoms with Gasteiger partial charge in [-0.25, -0.2) is 4.39 Å². The molecule has 6 heteroatoms. The van der Waals surface area contributed by atoms with E-state index < -0.39 is 11.7 Å². The first-order valence-corrected chi connectivity index (χ1v) is 8.59. The van der Waals surface area contributed by atoms with Crippen LogP contribution in [0.5, 0.6) is 0 Å². The maximum Gasteiger partial charge on any atom is 0.259 e. The van der Waals surface area contributed by atoms with Gasteiger partial charge in [-0.3, -0.25) is 14.6 Å². The minimum absolute atomic E-state index is 0.00411. The van der Waals surface area contributed by atoms with Crippen molar-refractivity contribution in [3.63, 3.8) is 0 Å². The Hall–Kier alpha value is -3.28. The van der Waals surface area contributed by atoms with Crippen LogP contribution < -0.4 is 10.6 Å². The van der Waals surface area contributed by atoms with E-state index in [4.69, 9.17) is 5.73 Å². The Bertz CT molecular complexity index is 1020. The van der Waals surface area contributed by atoms with E-state index in [1.807, 2.05) is 32.0 Å². The van der Waals surface area contributed by atoms with Crippen molar-refractivity contribution >= 4 is 28.4 Å². The quantitative estimate of drug-likeness (QED) is 0.752. The maximum absolute atomic E-state index is 13.4.